The molecule has 0 radical (unpaired) electrons. The van der Waals surface area contributed by atoms with E-state index in [1.54, 1.807) is 6.07 Å². The topological polar surface area (TPSA) is 52.0 Å². The van der Waals surface area contributed by atoms with Crippen molar-refractivity contribution in [3.8, 4) is 5.75 Å². The van der Waals surface area contributed by atoms with Crippen LogP contribution in [0.1, 0.15) is 28.8 Å². The molecule has 0 amide bonds. The maximum atomic E-state index is 14.2. The number of halogens is 2. The number of benzene rings is 3. The minimum absolute atomic E-state index is 0.261. The first-order valence-corrected chi connectivity index (χ1v) is 10.7. The van der Waals surface area contributed by atoms with Crippen LogP contribution < -0.4 is 10.1 Å². The summed E-state index contributed by atoms with van der Waals surface area (Å²) in [5, 5.41) is 7.88. The quantitative estimate of drug-likeness (QED) is 0.402. The molecular formula is C24H16BrFN4O. The molecule has 3 heterocycles. The van der Waals surface area contributed by atoms with Crippen LogP contribution in [0, 0.1) is 5.82 Å². The first-order chi connectivity index (χ1) is 15.2. The van der Waals surface area contributed by atoms with Gasteiger partial charge < -0.3 is 10.1 Å². The molecule has 2 unspecified atom stereocenters. The van der Waals surface area contributed by atoms with Crippen molar-refractivity contribution < 1.29 is 9.13 Å². The molecule has 0 bridgehead atoms. The highest BCUT2D eigenvalue weighted by Crippen LogP contribution is 2.50. The van der Waals surface area contributed by atoms with Crippen LogP contribution >= 0.6 is 15.9 Å². The maximum Gasteiger partial charge on any atom is 0.226 e. The third kappa shape index (κ3) is 2.96. The van der Waals surface area contributed by atoms with E-state index in [1.165, 1.54) is 18.5 Å². The van der Waals surface area contributed by atoms with Crippen LogP contribution in [-0.4, -0.2) is 14.8 Å². The molecule has 152 valence electrons. The van der Waals surface area contributed by atoms with Crippen LogP contribution in [0.4, 0.5) is 10.3 Å². The molecule has 2 aliphatic rings. The van der Waals surface area contributed by atoms with Crippen LogP contribution in [0.3, 0.4) is 0 Å². The molecule has 6 rings (SSSR count). The lowest BCUT2D eigenvalue weighted by atomic mass is 9.84. The van der Waals surface area contributed by atoms with Crippen LogP contribution in [0.2, 0.25) is 0 Å². The zero-order chi connectivity index (χ0) is 20.9. The van der Waals surface area contributed by atoms with Gasteiger partial charge in [0.1, 0.15) is 30.0 Å². The van der Waals surface area contributed by atoms with Gasteiger partial charge >= 0.3 is 0 Å². The minimum Gasteiger partial charge on any atom is -0.480 e. The lowest BCUT2D eigenvalue weighted by Gasteiger charge is -2.39. The molecule has 0 aliphatic carbocycles. The van der Waals surface area contributed by atoms with Crippen molar-refractivity contribution in [2.45, 2.75) is 12.1 Å². The number of nitrogens with zero attached hydrogens (tertiary/aromatic N) is 3. The van der Waals surface area contributed by atoms with Crippen molar-refractivity contribution in [3.63, 3.8) is 0 Å². The fourth-order valence-electron chi connectivity index (χ4n) is 4.31. The standard InChI is InChI=1S/C24H16BrFN4O/c25-16-8-6-14(7-9-16)22-20-21(29-24-27-13-28-30(22)24)18-12-17(26)10-11-19(18)31-23(20)15-4-2-1-3-5-15/h1-13,22-23H,(H,27,28,29). The van der Waals surface area contributed by atoms with Gasteiger partial charge in [-0.2, -0.15) is 10.1 Å². The molecule has 4 aromatic rings. The first kappa shape index (κ1) is 18.3. The first-order valence-electron chi connectivity index (χ1n) is 9.86. The van der Waals surface area contributed by atoms with Crippen molar-refractivity contribution in [1.82, 2.24) is 14.8 Å². The Hall–Kier alpha value is -3.45. The molecule has 0 saturated heterocycles. The highest BCUT2D eigenvalue weighted by molar-refractivity contribution is 9.10. The van der Waals surface area contributed by atoms with Gasteiger partial charge in [-0.3, -0.25) is 0 Å². The van der Waals surface area contributed by atoms with Gasteiger partial charge in [-0.05, 0) is 41.5 Å². The van der Waals surface area contributed by atoms with Crippen LogP contribution in [0.25, 0.3) is 5.70 Å². The third-order valence-electron chi connectivity index (χ3n) is 5.66. The van der Waals surface area contributed by atoms with Gasteiger partial charge in [-0.15, -0.1) is 0 Å². The van der Waals surface area contributed by atoms with Crippen LogP contribution in [-0.2, 0) is 0 Å². The lowest BCUT2D eigenvalue weighted by Crippen LogP contribution is -2.32. The van der Waals surface area contributed by atoms with Crippen molar-refractivity contribution in [3.05, 3.63) is 112 Å². The highest BCUT2D eigenvalue weighted by Gasteiger charge is 2.41. The summed E-state index contributed by atoms with van der Waals surface area (Å²) in [6, 6.07) is 22.5. The number of aromatic nitrogens is 3. The largest absolute Gasteiger partial charge is 0.480 e. The number of nitrogens with one attached hydrogen (secondary N) is 1. The minimum atomic E-state index is -0.368. The van der Waals surface area contributed by atoms with Crippen molar-refractivity contribution in [2.75, 3.05) is 5.32 Å². The fourth-order valence-corrected chi connectivity index (χ4v) is 4.57. The van der Waals surface area contributed by atoms with Gasteiger partial charge in [0.05, 0.1) is 5.70 Å². The van der Waals surface area contributed by atoms with Gasteiger partial charge in [0.2, 0.25) is 5.95 Å². The Kier molecular flexibility index (Phi) is 4.17. The zero-order valence-corrected chi connectivity index (χ0v) is 17.8. The zero-order valence-electron chi connectivity index (χ0n) is 16.2. The van der Waals surface area contributed by atoms with E-state index in [9.17, 15) is 4.39 Å². The van der Waals surface area contributed by atoms with E-state index >= 15 is 0 Å². The van der Waals surface area contributed by atoms with Gasteiger partial charge in [0.15, 0.2) is 0 Å². The number of hydrogen-bond acceptors (Lipinski definition) is 4. The van der Waals surface area contributed by atoms with Crippen LogP contribution in [0.15, 0.2) is 89.2 Å². The summed E-state index contributed by atoms with van der Waals surface area (Å²) in [7, 11) is 0. The molecule has 2 atom stereocenters. The van der Waals surface area contributed by atoms with Crippen molar-refractivity contribution >= 4 is 27.6 Å². The highest BCUT2D eigenvalue weighted by atomic mass is 79.9. The summed E-state index contributed by atoms with van der Waals surface area (Å²) in [5.41, 5.74) is 4.50. The molecular weight excluding hydrogens is 459 g/mol. The number of hydrogen-bond donors (Lipinski definition) is 1. The number of anilines is 1. The number of ether oxygens (including phenoxy) is 1. The monoisotopic (exact) mass is 474 g/mol. The number of fused-ring (bicyclic) bond motifs is 3. The normalized spacial score (nSPS) is 19.0. The predicted octanol–water partition coefficient (Wildman–Crippen LogP) is 5.74. The van der Waals surface area contributed by atoms with E-state index in [1.807, 2.05) is 47.1 Å². The summed E-state index contributed by atoms with van der Waals surface area (Å²) in [6.07, 6.45) is 1.16. The SMILES string of the molecule is Fc1ccc2c(c1)C1=C(C(c3ccccc3)O2)C(c2ccc(Br)cc2)n2ncnc2N1. The Bertz CT molecular complexity index is 1320. The van der Waals surface area contributed by atoms with Crippen molar-refractivity contribution in [1.29, 1.82) is 0 Å². The molecule has 0 fully saturated rings. The molecule has 1 N–H and O–H groups in total. The Morgan fingerprint density at radius 2 is 1.77 bits per heavy atom. The van der Waals surface area contributed by atoms with E-state index < -0.39 is 0 Å². The molecule has 7 heteroatoms. The Labute approximate surface area is 186 Å². The van der Waals surface area contributed by atoms with Gasteiger partial charge in [0.25, 0.3) is 0 Å². The molecule has 0 spiro atoms. The average Bonchev–Trinajstić information content (AvgIpc) is 3.27. The maximum absolute atomic E-state index is 14.2. The summed E-state index contributed by atoms with van der Waals surface area (Å²) in [4.78, 5) is 4.40. The van der Waals surface area contributed by atoms with Gasteiger partial charge in [-0.1, -0.05) is 58.4 Å². The Morgan fingerprint density at radius 3 is 2.58 bits per heavy atom. The van der Waals surface area contributed by atoms with E-state index in [0.717, 1.165) is 26.9 Å². The van der Waals surface area contributed by atoms with Crippen molar-refractivity contribution in [2.24, 2.45) is 0 Å². The van der Waals surface area contributed by atoms with Crippen LogP contribution in [0.5, 0.6) is 5.75 Å². The molecule has 1 aromatic heterocycles. The second kappa shape index (κ2) is 7.06. The van der Waals surface area contributed by atoms with E-state index in [-0.39, 0.29) is 18.0 Å². The van der Waals surface area contributed by atoms with Gasteiger partial charge in [0, 0.05) is 15.6 Å². The predicted molar refractivity (Wildman–Crippen MR) is 119 cm³/mol. The molecule has 31 heavy (non-hydrogen) atoms. The van der Waals surface area contributed by atoms with Gasteiger partial charge in [-0.25, -0.2) is 9.07 Å². The summed E-state index contributed by atoms with van der Waals surface area (Å²) >= 11 is 3.52. The van der Waals surface area contributed by atoms with E-state index in [0.29, 0.717) is 17.3 Å². The Balaban J connectivity index is 1.64. The fraction of sp³-hybridized carbons (Fsp3) is 0.0833. The lowest BCUT2D eigenvalue weighted by molar-refractivity contribution is 0.222. The summed E-state index contributed by atoms with van der Waals surface area (Å²) < 4.78 is 23.5. The summed E-state index contributed by atoms with van der Waals surface area (Å²) in [5.74, 6) is 0.918. The Morgan fingerprint density at radius 1 is 0.968 bits per heavy atom. The third-order valence-corrected chi connectivity index (χ3v) is 6.19. The second-order valence-corrected chi connectivity index (χ2v) is 8.40. The molecule has 5 nitrogen and oxygen atoms in total. The second-order valence-electron chi connectivity index (χ2n) is 7.49. The smallest absolute Gasteiger partial charge is 0.226 e. The average molecular weight is 475 g/mol. The van der Waals surface area contributed by atoms with E-state index in [2.05, 4.69) is 43.5 Å². The number of rotatable bonds is 2. The summed E-state index contributed by atoms with van der Waals surface area (Å²) in [6.45, 7) is 0. The molecule has 0 saturated carbocycles. The van der Waals surface area contributed by atoms with E-state index in [4.69, 9.17) is 4.74 Å². The molecule has 2 aliphatic heterocycles. The molecule has 3 aromatic carbocycles.